The van der Waals surface area contributed by atoms with Gasteiger partial charge in [0.1, 0.15) is 16.4 Å². The van der Waals surface area contributed by atoms with Gasteiger partial charge in [-0.1, -0.05) is 25.6 Å². The average molecular weight is 265 g/mol. The van der Waals surface area contributed by atoms with Crippen LogP contribution in [0.4, 0.5) is 0 Å². The molecule has 18 heavy (non-hydrogen) atoms. The van der Waals surface area contributed by atoms with Crippen LogP contribution < -0.4 is 0 Å². The van der Waals surface area contributed by atoms with E-state index < -0.39 is 5.97 Å². The molecule has 1 N–H and O–H groups in total. The van der Waals surface area contributed by atoms with Crippen LogP contribution in [0.3, 0.4) is 0 Å². The maximum Gasteiger partial charge on any atom is 0.340 e. The molecule has 0 aromatic carbocycles. The highest BCUT2D eigenvalue weighted by molar-refractivity contribution is 8.00. The van der Waals surface area contributed by atoms with Crippen molar-refractivity contribution in [3.8, 4) is 6.07 Å². The summed E-state index contributed by atoms with van der Waals surface area (Å²) in [5, 5.41) is 18.0. The summed E-state index contributed by atoms with van der Waals surface area (Å²) in [5.74, 6) is -0.344. The summed E-state index contributed by atoms with van der Waals surface area (Å²) < 4.78 is 0. The molecule has 0 fully saturated rings. The Balaban J connectivity index is 3.34. The van der Waals surface area contributed by atoms with Crippen LogP contribution in [0.25, 0.3) is 0 Å². The second-order valence-corrected chi connectivity index (χ2v) is 5.53. The third-order valence-corrected chi connectivity index (χ3v) is 3.25. The molecule has 0 aliphatic heterocycles. The van der Waals surface area contributed by atoms with E-state index in [1.807, 2.05) is 13.8 Å². The van der Waals surface area contributed by atoms with Gasteiger partial charge in [0.05, 0.1) is 17.0 Å². The van der Waals surface area contributed by atoms with Gasteiger partial charge < -0.3 is 5.11 Å². The van der Waals surface area contributed by atoms with E-state index in [4.69, 9.17) is 5.26 Å². The van der Waals surface area contributed by atoms with Crippen molar-refractivity contribution in [1.29, 1.82) is 5.26 Å². The fraction of sp³-hybridized carbons (Fsp3) is 0.500. The van der Waals surface area contributed by atoms with Gasteiger partial charge in [-0.05, 0) is 13.8 Å². The molecular weight excluding hydrogens is 250 g/mol. The average Bonchev–Trinajstić information content (AvgIpc) is 2.27. The van der Waals surface area contributed by atoms with Gasteiger partial charge in [-0.15, -0.1) is 0 Å². The van der Waals surface area contributed by atoms with E-state index in [-0.39, 0.29) is 16.7 Å². The van der Waals surface area contributed by atoms with Crippen molar-refractivity contribution >= 4 is 17.7 Å². The number of carbonyl (C=O) groups is 1. The van der Waals surface area contributed by atoms with Gasteiger partial charge in [-0.2, -0.15) is 5.26 Å². The Morgan fingerprint density at radius 2 is 2.00 bits per heavy atom. The first kappa shape index (κ1) is 14.5. The lowest BCUT2D eigenvalue weighted by molar-refractivity contribution is 0.0690. The van der Waals surface area contributed by atoms with Gasteiger partial charge in [0.25, 0.3) is 0 Å². The first-order valence-corrected chi connectivity index (χ1v) is 6.42. The second-order valence-electron chi connectivity index (χ2n) is 4.20. The van der Waals surface area contributed by atoms with Crippen LogP contribution in [0.5, 0.6) is 0 Å². The number of nitrogens with zero attached hydrogens (tertiary/aromatic N) is 3. The molecule has 0 saturated carbocycles. The summed E-state index contributed by atoms with van der Waals surface area (Å²) in [5.41, 5.74) is 0.528. The highest BCUT2D eigenvalue weighted by Crippen LogP contribution is 2.27. The summed E-state index contributed by atoms with van der Waals surface area (Å²) in [7, 11) is 0. The number of aryl methyl sites for hydroxylation is 1. The van der Waals surface area contributed by atoms with Gasteiger partial charge in [0.2, 0.25) is 0 Å². The Bertz CT molecular complexity index is 509. The third-order valence-electron chi connectivity index (χ3n) is 2.27. The summed E-state index contributed by atoms with van der Waals surface area (Å²) in [4.78, 5) is 19.7. The summed E-state index contributed by atoms with van der Waals surface area (Å²) in [6.45, 7) is 7.25. The lowest BCUT2D eigenvalue weighted by atomic mass is 10.2. The Kier molecular flexibility index (Phi) is 4.68. The van der Waals surface area contributed by atoms with E-state index in [2.05, 4.69) is 16.0 Å². The Morgan fingerprint density at radius 3 is 2.44 bits per heavy atom. The summed E-state index contributed by atoms with van der Waals surface area (Å²) in [6.07, 6.45) is 0. The number of carboxylic acid groups (broad SMARTS) is 1. The minimum atomic E-state index is -1.06. The van der Waals surface area contributed by atoms with Crippen molar-refractivity contribution in [2.45, 2.75) is 43.9 Å². The fourth-order valence-corrected chi connectivity index (χ4v) is 2.24. The van der Waals surface area contributed by atoms with Gasteiger partial charge in [0, 0.05) is 5.92 Å². The van der Waals surface area contributed by atoms with Crippen LogP contribution in [-0.4, -0.2) is 26.3 Å². The molecule has 1 aromatic heterocycles. The van der Waals surface area contributed by atoms with Crippen LogP contribution in [0.1, 0.15) is 48.6 Å². The number of nitriles is 1. The minimum Gasteiger partial charge on any atom is -0.478 e. The van der Waals surface area contributed by atoms with Crippen LogP contribution in [0.15, 0.2) is 5.03 Å². The number of rotatable bonds is 4. The molecular formula is C12H15N3O2S. The predicted molar refractivity (Wildman–Crippen MR) is 68.7 cm³/mol. The largest absolute Gasteiger partial charge is 0.478 e. The zero-order valence-electron chi connectivity index (χ0n) is 10.8. The molecule has 0 radical (unpaired) electrons. The fourth-order valence-electron chi connectivity index (χ4n) is 1.35. The van der Waals surface area contributed by atoms with Crippen molar-refractivity contribution < 1.29 is 9.90 Å². The SMILES string of the molecule is Cc1nc(C(C)C)nc(SC(C)C#N)c1C(=O)O. The Hall–Kier alpha value is -1.61. The zero-order valence-corrected chi connectivity index (χ0v) is 11.6. The van der Waals surface area contributed by atoms with E-state index in [1.54, 1.807) is 13.8 Å². The molecule has 0 amide bonds. The number of thioether (sulfide) groups is 1. The number of carboxylic acids is 1. The number of hydrogen-bond donors (Lipinski definition) is 1. The quantitative estimate of drug-likeness (QED) is 0.665. The lowest BCUT2D eigenvalue weighted by Gasteiger charge is -2.12. The molecule has 0 aliphatic carbocycles. The molecule has 1 atom stereocenters. The molecule has 6 heteroatoms. The Morgan fingerprint density at radius 1 is 1.39 bits per heavy atom. The van der Waals surface area contributed by atoms with Gasteiger partial charge in [0.15, 0.2) is 0 Å². The van der Waals surface area contributed by atoms with E-state index in [0.29, 0.717) is 16.5 Å². The van der Waals surface area contributed by atoms with Crippen molar-refractivity contribution in [2.24, 2.45) is 0 Å². The van der Waals surface area contributed by atoms with Crippen molar-refractivity contribution in [1.82, 2.24) is 9.97 Å². The number of hydrogen-bond acceptors (Lipinski definition) is 5. The van der Waals surface area contributed by atoms with E-state index in [1.165, 1.54) is 0 Å². The van der Waals surface area contributed by atoms with Gasteiger partial charge in [-0.25, -0.2) is 14.8 Å². The van der Waals surface area contributed by atoms with Crippen LogP contribution in [-0.2, 0) is 0 Å². The van der Waals surface area contributed by atoms with Gasteiger partial charge >= 0.3 is 5.97 Å². The first-order chi connectivity index (χ1) is 8.36. The normalized spacial score (nSPS) is 12.2. The molecule has 1 unspecified atom stereocenters. The predicted octanol–water partition coefficient (Wildman–Crippen LogP) is 2.61. The molecule has 1 aromatic rings. The monoisotopic (exact) mass is 265 g/mol. The topological polar surface area (TPSA) is 86.9 Å². The van der Waals surface area contributed by atoms with Gasteiger partial charge in [-0.3, -0.25) is 0 Å². The maximum atomic E-state index is 11.2. The third kappa shape index (κ3) is 3.20. The Labute approximate surface area is 110 Å². The van der Waals surface area contributed by atoms with Crippen molar-refractivity contribution in [3.05, 3.63) is 17.1 Å². The summed E-state index contributed by atoms with van der Waals surface area (Å²) in [6, 6.07) is 2.06. The smallest absolute Gasteiger partial charge is 0.340 e. The number of aromatic nitrogens is 2. The summed E-state index contributed by atoms with van der Waals surface area (Å²) >= 11 is 1.15. The zero-order chi connectivity index (χ0) is 13.9. The molecule has 1 rings (SSSR count). The van der Waals surface area contributed by atoms with E-state index in [0.717, 1.165) is 11.8 Å². The first-order valence-electron chi connectivity index (χ1n) is 5.54. The van der Waals surface area contributed by atoms with Crippen molar-refractivity contribution in [2.75, 3.05) is 0 Å². The van der Waals surface area contributed by atoms with E-state index >= 15 is 0 Å². The molecule has 96 valence electrons. The molecule has 1 heterocycles. The van der Waals surface area contributed by atoms with E-state index in [9.17, 15) is 9.90 Å². The highest BCUT2D eigenvalue weighted by atomic mass is 32.2. The molecule has 0 bridgehead atoms. The molecule has 5 nitrogen and oxygen atoms in total. The maximum absolute atomic E-state index is 11.2. The second kappa shape index (κ2) is 5.83. The highest BCUT2D eigenvalue weighted by Gasteiger charge is 2.20. The lowest BCUT2D eigenvalue weighted by Crippen LogP contribution is -2.11. The molecule has 0 saturated heterocycles. The van der Waals surface area contributed by atoms with Crippen LogP contribution >= 0.6 is 11.8 Å². The minimum absolute atomic E-state index is 0.0894. The number of aromatic carboxylic acids is 1. The molecule has 0 aliphatic rings. The van der Waals surface area contributed by atoms with Crippen LogP contribution in [0.2, 0.25) is 0 Å². The van der Waals surface area contributed by atoms with Crippen molar-refractivity contribution in [3.63, 3.8) is 0 Å². The standard InChI is InChI=1S/C12H15N3O2S/c1-6(2)10-14-8(4)9(12(16)17)11(15-10)18-7(3)5-13/h6-7H,1-4H3,(H,16,17). The van der Waals surface area contributed by atoms with Crippen LogP contribution in [0, 0.1) is 18.3 Å². The molecule has 0 spiro atoms.